The molecule has 1 rings (SSSR count). The number of rotatable bonds is 16. The molecule has 0 bridgehead atoms. The first-order chi connectivity index (χ1) is 11.2. The third-order valence-electron chi connectivity index (χ3n) is 5.50. The number of carbonyl (C=O) groups is 1. The number of hydrogen-bond donors (Lipinski definition) is 1. The van der Waals surface area contributed by atoms with Gasteiger partial charge in [0, 0.05) is 4.43 Å². The van der Waals surface area contributed by atoms with Crippen LogP contribution in [0.2, 0.25) is 0 Å². The molecule has 1 aliphatic rings. The molecule has 0 aromatic carbocycles. The van der Waals surface area contributed by atoms with E-state index in [0.717, 1.165) is 30.1 Å². The largest absolute Gasteiger partial charge is 0.481 e. The quantitative estimate of drug-likeness (QED) is 0.161. The molecule has 0 aromatic heterocycles. The van der Waals surface area contributed by atoms with Gasteiger partial charge < -0.3 is 5.11 Å². The van der Waals surface area contributed by atoms with Gasteiger partial charge in [-0.3, -0.25) is 4.79 Å². The molecular formula is C20H37IO2. The Morgan fingerprint density at radius 2 is 1.35 bits per heavy atom. The van der Waals surface area contributed by atoms with Crippen molar-refractivity contribution in [1.82, 2.24) is 0 Å². The summed E-state index contributed by atoms with van der Waals surface area (Å²) in [5.41, 5.74) is -0.404. The maximum Gasteiger partial charge on any atom is 0.310 e. The van der Waals surface area contributed by atoms with E-state index in [-0.39, 0.29) is 0 Å². The Labute approximate surface area is 157 Å². The molecule has 2 nitrogen and oxygen atoms in total. The maximum absolute atomic E-state index is 11.7. The van der Waals surface area contributed by atoms with E-state index >= 15 is 0 Å². The lowest BCUT2D eigenvalue weighted by atomic mass is 9.80. The van der Waals surface area contributed by atoms with E-state index in [1.54, 1.807) is 0 Å². The smallest absolute Gasteiger partial charge is 0.310 e. The molecule has 3 heteroatoms. The van der Waals surface area contributed by atoms with Gasteiger partial charge in [-0.25, -0.2) is 0 Å². The third kappa shape index (κ3) is 8.22. The van der Waals surface area contributed by atoms with Crippen LogP contribution in [0.25, 0.3) is 0 Å². The number of halogens is 1. The van der Waals surface area contributed by atoms with E-state index in [2.05, 4.69) is 29.5 Å². The van der Waals surface area contributed by atoms with Crippen molar-refractivity contribution in [2.45, 2.75) is 103 Å². The van der Waals surface area contributed by atoms with Crippen LogP contribution in [-0.2, 0) is 4.79 Å². The van der Waals surface area contributed by atoms with Crippen LogP contribution in [0.1, 0.15) is 103 Å². The van der Waals surface area contributed by atoms with Crippen LogP contribution in [-0.4, -0.2) is 15.5 Å². The zero-order valence-corrected chi connectivity index (χ0v) is 17.3. The van der Waals surface area contributed by atoms with Crippen LogP contribution < -0.4 is 0 Å². The second-order valence-corrected chi connectivity index (χ2v) is 8.27. The molecule has 1 unspecified atom stereocenters. The van der Waals surface area contributed by atoms with Gasteiger partial charge >= 0.3 is 5.97 Å². The summed E-state index contributed by atoms with van der Waals surface area (Å²) >= 11 is 2.29. The summed E-state index contributed by atoms with van der Waals surface area (Å²) < 4.78 is 0.781. The molecule has 0 spiro atoms. The average molecular weight is 436 g/mol. The van der Waals surface area contributed by atoms with Gasteiger partial charge in [-0.2, -0.15) is 0 Å². The molecule has 1 aliphatic carbocycles. The van der Waals surface area contributed by atoms with Crippen LogP contribution in [0.3, 0.4) is 0 Å². The highest BCUT2D eigenvalue weighted by atomic mass is 127. The molecule has 0 saturated heterocycles. The Hall–Kier alpha value is 0.200. The van der Waals surface area contributed by atoms with E-state index in [1.165, 1.54) is 70.6 Å². The fourth-order valence-corrected chi connectivity index (χ4v) is 4.97. The van der Waals surface area contributed by atoms with E-state index in [4.69, 9.17) is 0 Å². The highest BCUT2D eigenvalue weighted by Gasteiger charge is 2.49. The zero-order valence-electron chi connectivity index (χ0n) is 15.1. The highest BCUT2D eigenvalue weighted by Crippen LogP contribution is 2.50. The first-order valence-corrected chi connectivity index (χ1v) is 11.5. The molecule has 1 fully saturated rings. The van der Waals surface area contributed by atoms with Gasteiger partial charge in [0.15, 0.2) is 0 Å². The fraction of sp³-hybridized carbons (Fsp3) is 0.950. The predicted octanol–water partition coefficient (Wildman–Crippen LogP) is 6.99. The van der Waals surface area contributed by atoms with Gasteiger partial charge in [-0.05, 0) is 25.2 Å². The van der Waals surface area contributed by atoms with Crippen molar-refractivity contribution in [2.24, 2.45) is 11.3 Å². The second kappa shape index (κ2) is 12.5. The van der Waals surface area contributed by atoms with E-state index in [0.29, 0.717) is 5.92 Å². The molecule has 1 N–H and O–H groups in total. The SMILES string of the molecule is CCCCCCCCCCCCCCC(CI)(C(=O)O)C1CC1. The summed E-state index contributed by atoms with van der Waals surface area (Å²) in [6.07, 6.45) is 19.3. The summed E-state index contributed by atoms with van der Waals surface area (Å²) in [5, 5.41) is 9.61. The molecule has 0 aromatic rings. The second-order valence-electron chi connectivity index (χ2n) is 7.51. The fourth-order valence-electron chi connectivity index (χ4n) is 3.64. The normalized spacial score (nSPS) is 17.1. The molecule has 1 saturated carbocycles. The summed E-state index contributed by atoms with van der Waals surface area (Å²) in [6.45, 7) is 2.27. The summed E-state index contributed by atoms with van der Waals surface area (Å²) in [6, 6.07) is 0. The van der Waals surface area contributed by atoms with Gasteiger partial charge in [0.25, 0.3) is 0 Å². The van der Waals surface area contributed by atoms with Crippen LogP contribution in [0.15, 0.2) is 0 Å². The molecule has 136 valence electrons. The number of hydrogen-bond acceptors (Lipinski definition) is 1. The average Bonchev–Trinajstić information content (AvgIpc) is 3.37. The predicted molar refractivity (Wildman–Crippen MR) is 107 cm³/mol. The van der Waals surface area contributed by atoms with E-state index in [9.17, 15) is 9.90 Å². The third-order valence-corrected chi connectivity index (χ3v) is 6.86. The van der Waals surface area contributed by atoms with Crippen molar-refractivity contribution < 1.29 is 9.90 Å². The Bertz CT molecular complexity index is 315. The van der Waals surface area contributed by atoms with Crippen LogP contribution in [0.5, 0.6) is 0 Å². The zero-order chi connectivity index (χ0) is 17.0. The number of aliphatic carboxylic acids is 1. The topological polar surface area (TPSA) is 37.3 Å². The molecule has 1 atom stereocenters. The highest BCUT2D eigenvalue weighted by molar-refractivity contribution is 14.1. The summed E-state index contributed by atoms with van der Waals surface area (Å²) in [7, 11) is 0. The summed E-state index contributed by atoms with van der Waals surface area (Å²) in [4.78, 5) is 11.7. The molecule has 0 aliphatic heterocycles. The van der Waals surface area contributed by atoms with E-state index < -0.39 is 11.4 Å². The molecule has 23 heavy (non-hydrogen) atoms. The van der Waals surface area contributed by atoms with Crippen molar-refractivity contribution in [2.75, 3.05) is 4.43 Å². The van der Waals surface area contributed by atoms with Gasteiger partial charge in [0.05, 0.1) is 5.41 Å². The lowest BCUT2D eigenvalue weighted by Gasteiger charge is -2.27. The first-order valence-electron chi connectivity index (χ1n) is 9.96. The number of carboxylic acid groups (broad SMARTS) is 1. The number of carboxylic acids is 1. The van der Waals surface area contributed by atoms with Gasteiger partial charge in [0.1, 0.15) is 0 Å². The minimum Gasteiger partial charge on any atom is -0.481 e. The lowest BCUT2D eigenvalue weighted by Crippen LogP contribution is -2.35. The Balaban J connectivity index is 1.95. The Morgan fingerprint density at radius 3 is 1.70 bits per heavy atom. The lowest BCUT2D eigenvalue weighted by molar-refractivity contribution is -0.149. The molecule has 0 radical (unpaired) electrons. The van der Waals surface area contributed by atoms with Crippen LogP contribution in [0.4, 0.5) is 0 Å². The van der Waals surface area contributed by atoms with Crippen LogP contribution in [0, 0.1) is 11.3 Å². The summed E-state index contributed by atoms with van der Waals surface area (Å²) in [5.74, 6) is -0.0814. The van der Waals surface area contributed by atoms with Gasteiger partial charge in [-0.1, -0.05) is 107 Å². The molecule has 0 amide bonds. The number of unbranched alkanes of at least 4 members (excludes halogenated alkanes) is 11. The van der Waals surface area contributed by atoms with E-state index in [1.807, 2.05) is 0 Å². The van der Waals surface area contributed by atoms with Crippen molar-refractivity contribution >= 4 is 28.6 Å². The standard InChI is InChI=1S/C20H37IO2/c1-2-3-4-5-6-7-8-9-10-11-12-13-16-20(17-21,19(22)23)18-14-15-18/h18H,2-17H2,1H3,(H,22,23). The molecule has 0 heterocycles. The van der Waals surface area contributed by atoms with Crippen molar-refractivity contribution in [3.8, 4) is 0 Å². The molecular weight excluding hydrogens is 399 g/mol. The minimum absolute atomic E-state index is 0.404. The Morgan fingerprint density at radius 1 is 0.913 bits per heavy atom. The minimum atomic E-state index is -0.544. The monoisotopic (exact) mass is 436 g/mol. The van der Waals surface area contributed by atoms with Gasteiger partial charge in [0.2, 0.25) is 0 Å². The van der Waals surface area contributed by atoms with Crippen molar-refractivity contribution in [3.63, 3.8) is 0 Å². The first kappa shape index (κ1) is 21.2. The maximum atomic E-state index is 11.7. The van der Waals surface area contributed by atoms with Crippen molar-refractivity contribution in [1.29, 1.82) is 0 Å². The van der Waals surface area contributed by atoms with Crippen LogP contribution >= 0.6 is 22.6 Å². The van der Waals surface area contributed by atoms with Gasteiger partial charge in [-0.15, -0.1) is 0 Å². The Kier molecular flexibility index (Phi) is 11.6. The number of alkyl halides is 1. The van der Waals surface area contributed by atoms with Crippen molar-refractivity contribution in [3.05, 3.63) is 0 Å².